The van der Waals surface area contributed by atoms with E-state index in [1.807, 2.05) is 14.0 Å². The summed E-state index contributed by atoms with van der Waals surface area (Å²) < 4.78 is 53.2. The molecule has 0 aliphatic carbocycles. The fourth-order valence-corrected chi connectivity index (χ4v) is 3.88. The Morgan fingerprint density at radius 1 is 1.20 bits per heavy atom. The molecule has 0 amide bonds. The summed E-state index contributed by atoms with van der Waals surface area (Å²) >= 11 is 0. The highest BCUT2D eigenvalue weighted by Crippen LogP contribution is 2.28. The fourth-order valence-electron chi connectivity index (χ4n) is 2.33. The topological polar surface area (TPSA) is 49.4 Å². The number of hydrogen-bond acceptors (Lipinski definition) is 3. The average molecular weight is 304 g/mol. The van der Waals surface area contributed by atoms with Gasteiger partial charge < -0.3 is 5.32 Å². The summed E-state index contributed by atoms with van der Waals surface area (Å²) in [6.45, 7) is 2.49. The third-order valence-electron chi connectivity index (χ3n) is 3.95. The Morgan fingerprint density at radius 2 is 1.70 bits per heavy atom. The van der Waals surface area contributed by atoms with Crippen LogP contribution in [-0.4, -0.2) is 38.4 Å². The highest BCUT2D eigenvalue weighted by Gasteiger charge is 2.36. The van der Waals surface area contributed by atoms with Gasteiger partial charge >= 0.3 is 0 Å². The summed E-state index contributed by atoms with van der Waals surface area (Å²) in [5, 5.41) is 3.15. The predicted octanol–water partition coefficient (Wildman–Crippen LogP) is 1.73. The Hall–Kier alpha value is -1.05. The van der Waals surface area contributed by atoms with Crippen LogP contribution < -0.4 is 5.32 Å². The second-order valence-electron chi connectivity index (χ2n) is 5.27. The zero-order valence-electron chi connectivity index (χ0n) is 11.5. The summed E-state index contributed by atoms with van der Waals surface area (Å²) in [6, 6.07) is 3.06. The van der Waals surface area contributed by atoms with E-state index in [2.05, 4.69) is 5.32 Å². The van der Waals surface area contributed by atoms with Gasteiger partial charge in [0.05, 0.1) is 0 Å². The molecule has 1 aliphatic heterocycles. The molecule has 0 unspecified atom stereocenters. The predicted molar refractivity (Wildman–Crippen MR) is 71.8 cm³/mol. The van der Waals surface area contributed by atoms with E-state index in [4.69, 9.17) is 0 Å². The van der Waals surface area contributed by atoms with Gasteiger partial charge in [0.25, 0.3) is 0 Å². The van der Waals surface area contributed by atoms with Crippen molar-refractivity contribution in [2.24, 2.45) is 0 Å². The summed E-state index contributed by atoms with van der Waals surface area (Å²) in [7, 11) is -2.31. The minimum atomic E-state index is -4.13. The fraction of sp³-hybridized carbons (Fsp3) is 0.538. The van der Waals surface area contributed by atoms with Crippen LogP contribution in [0.5, 0.6) is 0 Å². The van der Waals surface area contributed by atoms with Gasteiger partial charge in [-0.05, 0) is 38.9 Å². The number of halogens is 2. The maximum atomic E-state index is 13.7. The summed E-state index contributed by atoms with van der Waals surface area (Å²) in [5.74, 6) is -2.10. The second-order valence-corrected chi connectivity index (χ2v) is 7.14. The molecule has 0 aromatic heterocycles. The molecule has 20 heavy (non-hydrogen) atoms. The molecule has 1 aromatic carbocycles. The monoisotopic (exact) mass is 304 g/mol. The van der Waals surface area contributed by atoms with Crippen molar-refractivity contribution in [3.8, 4) is 0 Å². The standard InChI is InChI=1S/C13H18F2N2O2S/c1-13(16-2)6-8-17(9-7-13)20(18,19)12-10(14)4-3-5-11(12)15/h3-5,16H,6-9H2,1-2H3. The highest BCUT2D eigenvalue weighted by molar-refractivity contribution is 7.89. The van der Waals surface area contributed by atoms with Crippen molar-refractivity contribution in [1.29, 1.82) is 0 Å². The zero-order chi connectivity index (χ0) is 15.0. The molecule has 1 aromatic rings. The van der Waals surface area contributed by atoms with Gasteiger partial charge in [0, 0.05) is 18.6 Å². The quantitative estimate of drug-likeness (QED) is 0.925. The molecular formula is C13H18F2N2O2S. The Kier molecular flexibility index (Phi) is 4.13. The lowest BCUT2D eigenvalue weighted by Gasteiger charge is -2.38. The maximum absolute atomic E-state index is 13.7. The van der Waals surface area contributed by atoms with E-state index in [9.17, 15) is 17.2 Å². The van der Waals surface area contributed by atoms with Gasteiger partial charge in [-0.25, -0.2) is 17.2 Å². The van der Waals surface area contributed by atoms with E-state index in [1.54, 1.807) is 0 Å². The number of nitrogens with zero attached hydrogens (tertiary/aromatic N) is 1. The Morgan fingerprint density at radius 3 is 2.15 bits per heavy atom. The molecule has 0 radical (unpaired) electrons. The normalized spacial score (nSPS) is 20.0. The van der Waals surface area contributed by atoms with Crippen molar-refractivity contribution in [1.82, 2.24) is 9.62 Å². The molecule has 4 nitrogen and oxygen atoms in total. The maximum Gasteiger partial charge on any atom is 0.248 e. The molecule has 0 saturated carbocycles. The Balaban J connectivity index is 2.29. The number of benzene rings is 1. The van der Waals surface area contributed by atoms with Crippen LogP contribution in [0.1, 0.15) is 19.8 Å². The summed E-state index contributed by atoms with van der Waals surface area (Å²) in [6.07, 6.45) is 1.19. The van der Waals surface area contributed by atoms with Crippen LogP contribution in [0.2, 0.25) is 0 Å². The molecule has 1 fully saturated rings. The SMILES string of the molecule is CNC1(C)CCN(S(=O)(=O)c2c(F)cccc2F)CC1. The third kappa shape index (κ3) is 2.70. The van der Waals surface area contributed by atoms with Crippen LogP contribution in [0.25, 0.3) is 0 Å². The van der Waals surface area contributed by atoms with Crippen molar-refractivity contribution < 1.29 is 17.2 Å². The molecule has 2 rings (SSSR count). The lowest BCUT2D eigenvalue weighted by atomic mass is 9.91. The van der Waals surface area contributed by atoms with E-state index >= 15 is 0 Å². The molecule has 0 spiro atoms. The van der Waals surface area contributed by atoms with E-state index in [1.165, 1.54) is 0 Å². The molecule has 1 aliphatic rings. The van der Waals surface area contributed by atoms with Crippen molar-refractivity contribution in [3.05, 3.63) is 29.8 Å². The lowest BCUT2D eigenvalue weighted by molar-refractivity contribution is 0.219. The first kappa shape index (κ1) is 15.3. The van der Waals surface area contributed by atoms with Gasteiger partial charge in [-0.2, -0.15) is 4.31 Å². The van der Waals surface area contributed by atoms with E-state index < -0.39 is 26.6 Å². The van der Waals surface area contributed by atoms with E-state index in [-0.39, 0.29) is 18.6 Å². The van der Waals surface area contributed by atoms with Crippen LogP contribution in [0.15, 0.2) is 23.1 Å². The number of hydrogen-bond donors (Lipinski definition) is 1. The number of rotatable bonds is 3. The van der Waals surface area contributed by atoms with Gasteiger partial charge in [-0.15, -0.1) is 0 Å². The first-order valence-corrected chi connectivity index (χ1v) is 7.87. The minimum Gasteiger partial charge on any atom is -0.314 e. The summed E-state index contributed by atoms with van der Waals surface area (Å²) in [4.78, 5) is -0.854. The van der Waals surface area contributed by atoms with Crippen LogP contribution in [-0.2, 0) is 10.0 Å². The van der Waals surface area contributed by atoms with Crippen LogP contribution in [0.3, 0.4) is 0 Å². The minimum absolute atomic E-state index is 0.139. The molecule has 112 valence electrons. The van der Waals surface area contributed by atoms with Gasteiger partial charge in [0.15, 0.2) is 4.90 Å². The molecular weight excluding hydrogens is 286 g/mol. The molecule has 1 heterocycles. The van der Waals surface area contributed by atoms with Crippen molar-refractivity contribution >= 4 is 10.0 Å². The highest BCUT2D eigenvalue weighted by atomic mass is 32.2. The number of nitrogens with one attached hydrogen (secondary N) is 1. The van der Waals surface area contributed by atoms with E-state index in [0.717, 1.165) is 22.5 Å². The Bertz CT molecular complexity index is 576. The number of sulfonamides is 1. The largest absolute Gasteiger partial charge is 0.314 e. The molecule has 1 saturated heterocycles. The van der Waals surface area contributed by atoms with Gasteiger partial charge in [-0.1, -0.05) is 6.07 Å². The smallest absolute Gasteiger partial charge is 0.248 e. The van der Waals surface area contributed by atoms with Gasteiger partial charge in [-0.3, -0.25) is 0 Å². The van der Waals surface area contributed by atoms with Gasteiger partial charge in [0.2, 0.25) is 10.0 Å². The lowest BCUT2D eigenvalue weighted by Crippen LogP contribution is -2.51. The first-order valence-electron chi connectivity index (χ1n) is 6.43. The third-order valence-corrected chi connectivity index (χ3v) is 5.90. The molecule has 0 atom stereocenters. The van der Waals surface area contributed by atoms with Crippen LogP contribution >= 0.6 is 0 Å². The first-order chi connectivity index (χ1) is 9.30. The summed E-state index contributed by atoms with van der Waals surface area (Å²) in [5.41, 5.74) is -0.139. The van der Waals surface area contributed by atoms with Crippen molar-refractivity contribution in [2.45, 2.75) is 30.2 Å². The van der Waals surface area contributed by atoms with Gasteiger partial charge in [0.1, 0.15) is 11.6 Å². The average Bonchev–Trinajstić information content (AvgIpc) is 2.39. The van der Waals surface area contributed by atoms with Crippen LogP contribution in [0.4, 0.5) is 8.78 Å². The molecule has 1 N–H and O–H groups in total. The molecule has 0 bridgehead atoms. The van der Waals surface area contributed by atoms with Crippen LogP contribution in [0, 0.1) is 11.6 Å². The second kappa shape index (κ2) is 5.38. The van der Waals surface area contributed by atoms with E-state index in [0.29, 0.717) is 12.8 Å². The Labute approximate surface area is 117 Å². The molecule has 7 heteroatoms. The van der Waals surface area contributed by atoms with Crippen molar-refractivity contribution in [3.63, 3.8) is 0 Å². The zero-order valence-corrected chi connectivity index (χ0v) is 12.3. The number of piperidine rings is 1. The van der Waals surface area contributed by atoms with Crippen molar-refractivity contribution in [2.75, 3.05) is 20.1 Å².